The second-order valence-corrected chi connectivity index (χ2v) is 9.91. The van der Waals surface area contributed by atoms with Gasteiger partial charge in [0.2, 0.25) is 5.95 Å². The third-order valence-electron chi connectivity index (χ3n) is 6.66. The molecule has 38 heavy (non-hydrogen) atoms. The summed E-state index contributed by atoms with van der Waals surface area (Å²) in [4.78, 5) is 30.9. The molecule has 2 aromatic heterocycles. The van der Waals surface area contributed by atoms with Gasteiger partial charge in [0.05, 0.1) is 5.69 Å². The lowest BCUT2D eigenvalue weighted by molar-refractivity contribution is 0.102. The van der Waals surface area contributed by atoms with Gasteiger partial charge in [0.15, 0.2) is 0 Å². The largest absolute Gasteiger partial charge is 0.324 e. The van der Waals surface area contributed by atoms with E-state index in [1.54, 1.807) is 24.7 Å². The van der Waals surface area contributed by atoms with Gasteiger partial charge in [0.1, 0.15) is 0 Å². The molecule has 0 aliphatic carbocycles. The fourth-order valence-corrected chi connectivity index (χ4v) is 4.56. The van der Waals surface area contributed by atoms with Gasteiger partial charge < -0.3 is 15.5 Å². The molecule has 3 heterocycles. The lowest BCUT2D eigenvalue weighted by Crippen LogP contribution is -2.43. The molecular formula is C29H30ClN7O. The molecule has 1 saturated heterocycles. The van der Waals surface area contributed by atoms with Gasteiger partial charge in [-0.2, -0.15) is 0 Å². The highest BCUT2D eigenvalue weighted by Crippen LogP contribution is 2.26. The highest BCUT2D eigenvalue weighted by molar-refractivity contribution is 6.31. The topological polar surface area (TPSA) is 86.3 Å². The Balaban J connectivity index is 1.26. The fraction of sp³-hybridized carbons (Fsp3) is 0.241. The summed E-state index contributed by atoms with van der Waals surface area (Å²) in [7, 11) is 2.14. The van der Waals surface area contributed by atoms with Gasteiger partial charge in [-0.25, -0.2) is 9.97 Å². The molecule has 194 valence electrons. The molecule has 1 aliphatic rings. The number of hydrogen-bond acceptors (Lipinski definition) is 7. The Kier molecular flexibility index (Phi) is 7.93. The fourth-order valence-electron chi connectivity index (χ4n) is 4.32. The number of aromatic nitrogens is 3. The first-order chi connectivity index (χ1) is 18.4. The number of nitrogens with zero attached hydrogens (tertiary/aromatic N) is 5. The number of carbonyl (C=O) groups is 1. The Morgan fingerprint density at radius 1 is 1.03 bits per heavy atom. The van der Waals surface area contributed by atoms with E-state index in [4.69, 9.17) is 11.6 Å². The molecule has 5 rings (SSSR count). The zero-order chi connectivity index (χ0) is 26.5. The van der Waals surface area contributed by atoms with Crippen LogP contribution in [0.15, 0.2) is 73.2 Å². The molecule has 2 N–H and O–H groups in total. The summed E-state index contributed by atoms with van der Waals surface area (Å²) in [5, 5.41) is 6.86. The molecule has 0 unspecified atom stereocenters. The smallest absolute Gasteiger partial charge is 0.255 e. The van der Waals surface area contributed by atoms with Crippen LogP contribution in [0.25, 0.3) is 11.3 Å². The Labute approximate surface area is 227 Å². The van der Waals surface area contributed by atoms with E-state index in [0.717, 1.165) is 60.8 Å². The first-order valence-corrected chi connectivity index (χ1v) is 12.9. The van der Waals surface area contributed by atoms with E-state index >= 15 is 0 Å². The monoisotopic (exact) mass is 527 g/mol. The number of piperazine rings is 1. The Bertz CT molecular complexity index is 1420. The normalized spacial score (nSPS) is 14.3. The van der Waals surface area contributed by atoms with E-state index in [9.17, 15) is 4.79 Å². The summed E-state index contributed by atoms with van der Waals surface area (Å²) in [6, 6.07) is 16.9. The molecule has 8 nitrogen and oxygen atoms in total. The summed E-state index contributed by atoms with van der Waals surface area (Å²) < 4.78 is 0. The van der Waals surface area contributed by atoms with E-state index in [1.807, 2.05) is 55.5 Å². The highest BCUT2D eigenvalue weighted by Gasteiger charge is 2.16. The van der Waals surface area contributed by atoms with E-state index in [-0.39, 0.29) is 5.91 Å². The van der Waals surface area contributed by atoms with Crippen LogP contribution < -0.4 is 10.6 Å². The average molecular weight is 528 g/mol. The van der Waals surface area contributed by atoms with Crippen LogP contribution in [0.5, 0.6) is 0 Å². The number of nitrogens with one attached hydrogen (secondary N) is 2. The summed E-state index contributed by atoms with van der Waals surface area (Å²) in [5.41, 5.74) is 5.67. The number of benzene rings is 2. The Morgan fingerprint density at radius 3 is 2.63 bits per heavy atom. The third kappa shape index (κ3) is 6.34. The highest BCUT2D eigenvalue weighted by atomic mass is 35.5. The van der Waals surface area contributed by atoms with E-state index < -0.39 is 0 Å². The van der Waals surface area contributed by atoms with E-state index in [2.05, 4.69) is 42.4 Å². The number of rotatable bonds is 7. The van der Waals surface area contributed by atoms with Crippen molar-refractivity contribution in [1.82, 2.24) is 24.8 Å². The second kappa shape index (κ2) is 11.7. The standard InChI is InChI=1S/C29H30ClN7O/c1-20-5-8-24(17-27(20)35-29-32-11-9-26(34-29)22-4-3-10-31-18-22)33-28(38)21-6-7-23(25(30)16-21)19-37-14-12-36(2)13-15-37/h3-11,16-18H,12-15,19H2,1-2H3,(H,33,38)(H,32,34,35). The Morgan fingerprint density at radius 2 is 1.87 bits per heavy atom. The minimum atomic E-state index is -0.220. The molecule has 1 aliphatic heterocycles. The molecule has 1 amide bonds. The summed E-state index contributed by atoms with van der Waals surface area (Å²) in [6.45, 7) is 6.89. The van der Waals surface area contributed by atoms with Crippen molar-refractivity contribution < 1.29 is 4.79 Å². The first kappa shape index (κ1) is 25.8. The lowest BCUT2D eigenvalue weighted by Gasteiger charge is -2.32. The molecule has 0 bridgehead atoms. The number of aryl methyl sites for hydroxylation is 1. The molecule has 2 aromatic carbocycles. The molecule has 0 spiro atoms. The van der Waals surface area contributed by atoms with Crippen molar-refractivity contribution in [3.63, 3.8) is 0 Å². The first-order valence-electron chi connectivity index (χ1n) is 12.6. The van der Waals surface area contributed by atoms with Crippen molar-refractivity contribution in [3.8, 4) is 11.3 Å². The van der Waals surface area contributed by atoms with Gasteiger partial charge in [-0.05, 0) is 67.6 Å². The number of likely N-dealkylation sites (N-methyl/N-ethyl adjacent to an activating group) is 1. The van der Waals surface area contributed by atoms with Gasteiger partial charge in [0, 0.05) is 78.8 Å². The molecule has 1 fully saturated rings. The predicted octanol–water partition coefficient (Wildman–Crippen LogP) is 5.24. The molecule has 0 atom stereocenters. The van der Waals surface area contributed by atoms with Crippen molar-refractivity contribution >= 4 is 34.8 Å². The summed E-state index contributed by atoms with van der Waals surface area (Å²) >= 11 is 6.57. The van der Waals surface area contributed by atoms with Gasteiger partial charge in [-0.1, -0.05) is 23.7 Å². The van der Waals surface area contributed by atoms with Crippen molar-refractivity contribution in [2.75, 3.05) is 43.9 Å². The number of halogens is 1. The zero-order valence-electron chi connectivity index (χ0n) is 21.5. The lowest BCUT2D eigenvalue weighted by atomic mass is 10.1. The van der Waals surface area contributed by atoms with Crippen LogP contribution in [0.3, 0.4) is 0 Å². The van der Waals surface area contributed by atoms with E-state index in [1.165, 1.54) is 0 Å². The number of pyridine rings is 1. The molecule has 0 saturated carbocycles. The SMILES string of the molecule is Cc1ccc(NC(=O)c2ccc(CN3CCN(C)CC3)c(Cl)c2)cc1Nc1nccc(-c2cccnc2)n1. The maximum absolute atomic E-state index is 13.0. The van der Waals surface area contributed by atoms with Crippen LogP contribution >= 0.6 is 11.6 Å². The average Bonchev–Trinajstić information content (AvgIpc) is 2.93. The van der Waals surface area contributed by atoms with Crippen LogP contribution in [-0.4, -0.2) is 63.9 Å². The number of carbonyl (C=O) groups excluding carboxylic acids is 1. The van der Waals surface area contributed by atoms with Gasteiger partial charge >= 0.3 is 0 Å². The quantitative estimate of drug-likeness (QED) is 0.340. The number of hydrogen-bond donors (Lipinski definition) is 2. The van der Waals surface area contributed by atoms with Crippen LogP contribution in [0.2, 0.25) is 5.02 Å². The Hall–Kier alpha value is -3.85. The summed E-state index contributed by atoms with van der Waals surface area (Å²) in [5.74, 6) is 0.239. The van der Waals surface area contributed by atoms with Crippen molar-refractivity contribution in [1.29, 1.82) is 0 Å². The second-order valence-electron chi connectivity index (χ2n) is 9.50. The maximum atomic E-state index is 13.0. The minimum absolute atomic E-state index is 0.220. The number of anilines is 3. The minimum Gasteiger partial charge on any atom is -0.324 e. The van der Waals surface area contributed by atoms with Crippen LogP contribution in [0.1, 0.15) is 21.5 Å². The summed E-state index contributed by atoms with van der Waals surface area (Å²) in [6.07, 6.45) is 5.19. The molecular weight excluding hydrogens is 498 g/mol. The number of amides is 1. The van der Waals surface area contributed by atoms with Crippen molar-refractivity contribution in [3.05, 3.63) is 94.9 Å². The zero-order valence-corrected chi connectivity index (χ0v) is 22.2. The van der Waals surface area contributed by atoms with E-state index in [0.29, 0.717) is 22.2 Å². The van der Waals surface area contributed by atoms with Gasteiger partial charge in [0.25, 0.3) is 5.91 Å². The molecule has 0 radical (unpaired) electrons. The maximum Gasteiger partial charge on any atom is 0.255 e. The van der Waals surface area contributed by atoms with Gasteiger partial charge in [-0.15, -0.1) is 0 Å². The van der Waals surface area contributed by atoms with Crippen LogP contribution in [0.4, 0.5) is 17.3 Å². The predicted molar refractivity (Wildman–Crippen MR) is 152 cm³/mol. The third-order valence-corrected chi connectivity index (χ3v) is 7.01. The van der Waals surface area contributed by atoms with Crippen LogP contribution in [0, 0.1) is 6.92 Å². The van der Waals surface area contributed by atoms with Crippen molar-refractivity contribution in [2.24, 2.45) is 0 Å². The van der Waals surface area contributed by atoms with Gasteiger partial charge in [-0.3, -0.25) is 14.7 Å². The van der Waals surface area contributed by atoms with Crippen molar-refractivity contribution in [2.45, 2.75) is 13.5 Å². The molecule has 4 aromatic rings. The molecule has 9 heteroatoms. The van der Waals surface area contributed by atoms with Crippen LogP contribution in [-0.2, 0) is 6.54 Å².